The van der Waals surface area contributed by atoms with Gasteiger partial charge in [-0.05, 0) is 44.9 Å². The SMILES string of the molecule is CC1CC(NC(=O)C2CC(N)CCC2C)CCO1. The zero-order valence-electron chi connectivity index (χ0n) is 11.5. The highest BCUT2D eigenvalue weighted by atomic mass is 16.5. The quantitative estimate of drug-likeness (QED) is 0.783. The molecule has 4 heteroatoms. The molecule has 3 N–H and O–H groups in total. The maximum Gasteiger partial charge on any atom is 0.223 e. The average Bonchev–Trinajstić information content (AvgIpc) is 2.32. The Balaban J connectivity index is 1.86. The first-order valence-electron chi connectivity index (χ1n) is 7.23. The zero-order valence-corrected chi connectivity index (χ0v) is 11.5. The molecule has 0 aromatic rings. The normalized spacial score (nSPS) is 41.4. The van der Waals surface area contributed by atoms with Crippen LogP contribution >= 0.6 is 0 Å². The maximum absolute atomic E-state index is 12.3. The fourth-order valence-electron chi connectivity index (χ4n) is 3.16. The summed E-state index contributed by atoms with van der Waals surface area (Å²) in [6.45, 7) is 4.99. The molecule has 1 aliphatic carbocycles. The summed E-state index contributed by atoms with van der Waals surface area (Å²) in [5, 5.41) is 3.20. The number of rotatable bonds is 2. The number of amides is 1. The summed E-state index contributed by atoms with van der Waals surface area (Å²) in [5.74, 6) is 0.769. The third-order valence-electron chi connectivity index (χ3n) is 4.40. The Bertz CT molecular complexity index is 296. The average molecular weight is 254 g/mol. The monoisotopic (exact) mass is 254 g/mol. The van der Waals surface area contributed by atoms with E-state index in [9.17, 15) is 4.79 Å². The molecular weight excluding hydrogens is 228 g/mol. The summed E-state index contributed by atoms with van der Waals surface area (Å²) >= 11 is 0. The first-order valence-corrected chi connectivity index (χ1v) is 7.23. The summed E-state index contributed by atoms with van der Waals surface area (Å²) in [4.78, 5) is 12.3. The number of hydrogen-bond acceptors (Lipinski definition) is 3. The summed E-state index contributed by atoms with van der Waals surface area (Å²) < 4.78 is 5.50. The third kappa shape index (κ3) is 3.45. The van der Waals surface area contributed by atoms with E-state index >= 15 is 0 Å². The standard InChI is InChI=1S/C14H26N2O2/c1-9-3-4-11(15)8-13(9)14(17)16-12-5-6-18-10(2)7-12/h9-13H,3-8,15H2,1-2H3,(H,16,17). The Morgan fingerprint density at radius 3 is 2.72 bits per heavy atom. The van der Waals surface area contributed by atoms with Gasteiger partial charge in [-0.1, -0.05) is 6.92 Å². The highest BCUT2D eigenvalue weighted by molar-refractivity contribution is 5.79. The van der Waals surface area contributed by atoms with Crippen molar-refractivity contribution in [2.45, 2.75) is 64.1 Å². The van der Waals surface area contributed by atoms with Crippen molar-refractivity contribution < 1.29 is 9.53 Å². The largest absolute Gasteiger partial charge is 0.378 e. The van der Waals surface area contributed by atoms with Crippen LogP contribution in [0.5, 0.6) is 0 Å². The van der Waals surface area contributed by atoms with Crippen molar-refractivity contribution in [1.29, 1.82) is 0 Å². The highest BCUT2D eigenvalue weighted by Gasteiger charge is 2.32. The molecule has 2 aliphatic rings. The second-order valence-corrected chi connectivity index (χ2v) is 6.07. The number of nitrogens with one attached hydrogen (secondary N) is 1. The van der Waals surface area contributed by atoms with Crippen LogP contribution in [0.15, 0.2) is 0 Å². The van der Waals surface area contributed by atoms with Crippen LogP contribution < -0.4 is 11.1 Å². The molecule has 2 rings (SSSR count). The molecule has 1 saturated carbocycles. The van der Waals surface area contributed by atoms with Gasteiger partial charge in [0.25, 0.3) is 0 Å². The van der Waals surface area contributed by atoms with Crippen molar-refractivity contribution in [3.63, 3.8) is 0 Å². The topological polar surface area (TPSA) is 64.4 Å². The fourth-order valence-corrected chi connectivity index (χ4v) is 3.16. The molecule has 0 aromatic heterocycles. The Kier molecular flexibility index (Phi) is 4.62. The first-order chi connectivity index (χ1) is 8.56. The molecule has 1 heterocycles. The summed E-state index contributed by atoms with van der Waals surface area (Å²) in [5.41, 5.74) is 5.98. The number of nitrogens with two attached hydrogens (primary N) is 1. The molecule has 1 saturated heterocycles. The molecule has 0 bridgehead atoms. The number of carbonyl (C=O) groups is 1. The van der Waals surface area contributed by atoms with Gasteiger partial charge < -0.3 is 15.8 Å². The van der Waals surface area contributed by atoms with Crippen molar-refractivity contribution in [2.75, 3.05) is 6.61 Å². The number of hydrogen-bond donors (Lipinski definition) is 2. The van der Waals surface area contributed by atoms with Crippen LogP contribution in [0.25, 0.3) is 0 Å². The van der Waals surface area contributed by atoms with E-state index in [1.54, 1.807) is 0 Å². The molecule has 4 nitrogen and oxygen atoms in total. The van der Waals surface area contributed by atoms with Crippen molar-refractivity contribution in [3.05, 3.63) is 0 Å². The molecule has 2 fully saturated rings. The van der Waals surface area contributed by atoms with Crippen LogP contribution in [0.3, 0.4) is 0 Å². The lowest BCUT2D eigenvalue weighted by Crippen LogP contribution is -2.47. The number of carbonyl (C=O) groups excluding carboxylic acids is 1. The summed E-state index contributed by atoms with van der Waals surface area (Å²) in [7, 11) is 0. The van der Waals surface area contributed by atoms with E-state index in [4.69, 9.17) is 10.5 Å². The first kappa shape index (κ1) is 13.8. The molecule has 5 atom stereocenters. The van der Waals surface area contributed by atoms with Gasteiger partial charge in [-0.3, -0.25) is 4.79 Å². The van der Waals surface area contributed by atoms with Crippen LogP contribution in [-0.2, 0) is 9.53 Å². The Morgan fingerprint density at radius 1 is 1.22 bits per heavy atom. The van der Waals surface area contributed by atoms with Crippen molar-refractivity contribution >= 4 is 5.91 Å². The fraction of sp³-hybridized carbons (Fsp3) is 0.929. The molecule has 1 amide bonds. The number of ether oxygens (including phenoxy) is 1. The molecule has 0 spiro atoms. The second-order valence-electron chi connectivity index (χ2n) is 6.07. The van der Waals surface area contributed by atoms with Crippen LogP contribution in [0, 0.1) is 11.8 Å². The van der Waals surface area contributed by atoms with Gasteiger partial charge in [-0.2, -0.15) is 0 Å². The van der Waals surface area contributed by atoms with Crippen LogP contribution in [-0.4, -0.2) is 30.7 Å². The van der Waals surface area contributed by atoms with E-state index in [0.717, 1.165) is 38.7 Å². The smallest absolute Gasteiger partial charge is 0.223 e. The van der Waals surface area contributed by atoms with E-state index in [-0.39, 0.29) is 30.0 Å². The van der Waals surface area contributed by atoms with Crippen molar-refractivity contribution in [1.82, 2.24) is 5.32 Å². The summed E-state index contributed by atoms with van der Waals surface area (Å²) in [6.07, 6.45) is 5.09. The predicted molar refractivity (Wildman–Crippen MR) is 71.1 cm³/mol. The lowest BCUT2D eigenvalue weighted by molar-refractivity contribution is -0.129. The summed E-state index contributed by atoms with van der Waals surface area (Å²) in [6, 6.07) is 0.483. The molecular formula is C14H26N2O2. The van der Waals surface area contributed by atoms with E-state index in [0.29, 0.717) is 5.92 Å². The van der Waals surface area contributed by atoms with Crippen LogP contribution in [0.1, 0.15) is 46.0 Å². The minimum Gasteiger partial charge on any atom is -0.378 e. The van der Waals surface area contributed by atoms with Gasteiger partial charge in [0.15, 0.2) is 0 Å². The highest BCUT2D eigenvalue weighted by Crippen LogP contribution is 2.29. The lowest BCUT2D eigenvalue weighted by atomic mass is 9.77. The predicted octanol–water partition coefficient (Wildman–Crippen LogP) is 1.43. The minimum absolute atomic E-state index is 0.104. The van der Waals surface area contributed by atoms with Gasteiger partial charge in [0, 0.05) is 24.6 Å². The zero-order chi connectivity index (χ0) is 13.1. The Hall–Kier alpha value is -0.610. The van der Waals surface area contributed by atoms with E-state index in [2.05, 4.69) is 19.2 Å². The van der Waals surface area contributed by atoms with Gasteiger partial charge in [0.2, 0.25) is 5.91 Å². The van der Waals surface area contributed by atoms with Gasteiger partial charge >= 0.3 is 0 Å². The van der Waals surface area contributed by atoms with Gasteiger partial charge in [0.05, 0.1) is 6.10 Å². The van der Waals surface area contributed by atoms with Crippen LogP contribution in [0.4, 0.5) is 0 Å². The minimum atomic E-state index is 0.104. The van der Waals surface area contributed by atoms with E-state index in [1.807, 2.05) is 0 Å². The molecule has 1 aliphatic heterocycles. The van der Waals surface area contributed by atoms with Crippen LogP contribution in [0.2, 0.25) is 0 Å². The van der Waals surface area contributed by atoms with E-state index in [1.165, 1.54) is 0 Å². The molecule has 104 valence electrons. The van der Waals surface area contributed by atoms with E-state index < -0.39 is 0 Å². The maximum atomic E-state index is 12.3. The third-order valence-corrected chi connectivity index (χ3v) is 4.40. The van der Waals surface area contributed by atoms with Gasteiger partial charge in [-0.15, -0.1) is 0 Å². The van der Waals surface area contributed by atoms with Crippen molar-refractivity contribution in [2.24, 2.45) is 17.6 Å². The Labute approximate surface area is 110 Å². The molecule has 0 radical (unpaired) electrons. The molecule has 0 aromatic carbocycles. The second kappa shape index (κ2) is 6.02. The Morgan fingerprint density at radius 2 is 2.00 bits per heavy atom. The lowest BCUT2D eigenvalue weighted by Gasteiger charge is -2.34. The van der Waals surface area contributed by atoms with Gasteiger partial charge in [-0.25, -0.2) is 0 Å². The van der Waals surface area contributed by atoms with Crippen molar-refractivity contribution in [3.8, 4) is 0 Å². The molecule has 18 heavy (non-hydrogen) atoms. The molecule has 5 unspecified atom stereocenters. The van der Waals surface area contributed by atoms with Gasteiger partial charge in [0.1, 0.15) is 0 Å².